The van der Waals surface area contributed by atoms with E-state index in [9.17, 15) is 4.79 Å². The lowest BCUT2D eigenvalue weighted by Gasteiger charge is -2.20. The maximum atomic E-state index is 12.8. The number of carbonyl (C=O) groups is 1. The summed E-state index contributed by atoms with van der Waals surface area (Å²) in [5, 5.41) is 4.77. The van der Waals surface area contributed by atoms with Gasteiger partial charge in [0.1, 0.15) is 0 Å². The number of carbonyl (C=O) groups excluding carboxylic acids is 1. The maximum Gasteiger partial charge on any atom is 0.223 e. The zero-order valence-electron chi connectivity index (χ0n) is 18.8. The summed E-state index contributed by atoms with van der Waals surface area (Å²) in [6.07, 6.45) is 4.52. The Balaban J connectivity index is 1.32. The van der Waals surface area contributed by atoms with Crippen molar-refractivity contribution in [1.82, 2.24) is 14.7 Å². The van der Waals surface area contributed by atoms with Gasteiger partial charge in [-0.3, -0.25) is 9.48 Å². The van der Waals surface area contributed by atoms with Crippen LogP contribution in [0.4, 0.5) is 5.69 Å². The van der Waals surface area contributed by atoms with Crippen LogP contribution in [0.5, 0.6) is 0 Å². The summed E-state index contributed by atoms with van der Waals surface area (Å²) < 4.78 is 12.9. The van der Waals surface area contributed by atoms with E-state index in [2.05, 4.69) is 29.2 Å². The van der Waals surface area contributed by atoms with Crippen LogP contribution in [0.3, 0.4) is 0 Å². The number of amides is 1. The average Bonchev–Trinajstić information content (AvgIpc) is 3.45. The van der Waals surface area contributed by atoms with Gasteiger partial charge in [0.25, 0.3) is 0 Å². The Morgan fingerprint density at radius 1 is 1.23 bits per heavy atom. The molecule has 0 atom stereocenters. The highest BCUT2D eigenvalue weighted by atomic mass is 16.5. The molecule has 7 nitrogen and oxygen atoms in total. The SMILES string of the molecule is COCCn1nc(CCC(=O)N(C)Cc2ccc(N3CCCC3)cc2)c2c1CCOC2. The van der Waals surface area contributed by atoms with Crippen LogP contribution in [0, 0.1) is 0 Å². The van der Waals surface area contributed by atoms with Gasteiger partial charge in [-0.1, -0.05) is 12.1 Å². The van der Waals surface area contributed by atoms with E-state index in [0.29, 0.717) is 32.6 Å². The third kappa shape index (κ3) is 5.28. The third-order valence-electron chi connectivity index (χ3n) is 6.32. The fourth-order valence-corrected chi connectivity index (χ4v) is 4.51. The fraction of sp³-hybridized carbons (Fsp3) is 0.583. The van der Waals surface area contributed by atoms with Crippen molar-refractivity contribution < 1.29 is 14.3 Å². The number of hydrogen-bond acceptors (Lipinski definition) is 5. The molecule has 2 aliphatic rings. The number of methoxy groups -OCH3 is 1. The first kappa shape index (κ1) is 21.8. The predicted molar refractivity (Wildman–Crippen MR) is 120 cm³/mol. The van der Waals surface area contributed by atoms with Gasteiger partial charge < -0.3 is 19.3 Å². The predicted octanol–water partition coefficient (Wildman–Crippen LogP) is 2.79. The number of benzene rings is 1. The first-order valence-electron chi connectivity index (χ1n) is 11.4. The molecule has 1 aromatic carbocycles. The number of nitrogens with zero attached hydrogens (tertiary/aromatic N) is 4. The summed E-state index contributed by atoms with van der Waals surface area (Å²) in [5.74, 6) is 0.139. The first-order valence-corrected chi connectivity index (χ1v) is 11.4. The van der Waals surface area contributed by atoms with Gasteiger partial charge in [0, 0.05) is 70.0 Å². The molecule has 2 aliphatic heterocycles. The molecule has 1 amide bonds. The zero-order valence-corrected chi connectivity index (χ0v) is 18.8. The van der Waals surface area contributed by atoms with Gasteiger partial charge in [-0.25, -0.2) is 0 Å². The van der Waals surface area contributed by atoms with Crippen molar-refractivity contribution in [2.24, 2.45) is 0 Å². The summed E-state index contributed by atoms with van der Waals surface area (Å²) >= 11 is 0. The van der Waals surface area contributed by atoms with Gasteiger partial charge in [-0.15, -0.1) is 0 Å². The van der Waals surface area contributed by atoms with Crippen LogP contribution in [0.25, 0.3) is 0 Å². The van der Waals surface area contributed by atoms with E-state index in [0.717, 1.165) is 49.5 Å². The first-order chi connectivity index (χ1) is 15.2. The van der Waals surface area contributed by atoms with E-state index in [1.165, 1.54) is 24.2 Å². The second kappa shape index (κ2) is 10.3. The van der Waals surface area contributed by atoms with Crippen LogP contribution >= 0.6 is 0 Å². The highest BCUT2D eigenvalue weighted by Crippen LogP contribution is 2.23. The Labute approximate surface area is 184 Å². The highest BCUT2D eigenvalue weighted by molar-refractivity contribution is 5.76. The minimum Gasteiger partial charge on any atom is -0.383 e. The van der Waals surface area contributed by atoms with E-state index < -0.39 is 0 Å². The van der Waals surface area contributed by atoms with Crippen molar-refractivity contribution >= 4 is 11.6 Å². The molecular formula is C24H34N4O3. The van der Waals surface area contributed by atoms with Crippen LogP contribution in [0.1, 0.15) is 41.8 Å². The molecule has 1 fully saturated rings. The largest absolute Gasteiger partial charge is 0.383 e. The van der Waals surface area contributed by atoms with Gasteiger partial charge in [0.2, 0.25) is 5.91 Å². The standard InChI is InChI=1S/C24H34N4O3/c1-26(17-19-5-7-20(8-6-19)27-12-3-4-13-27)24(29)10-9-22-21-18-31-15-11-23(21)28(25-22)14-16-30-2/h5-8H,3-4,9-18H2,1-2H3. The second-order valence-electron chi connectivity index (χ2n) is 8.50. The lowest BCUT2D eigenvalue weighted by atomic mass is 10.1. The second-order valence-corrected chi connectivity index (χ2v) is 8.50. The summed E-state index contributed by atoms with van der Waals surface area (Å²) in [4.78, 5) is 17.0. The molecule has 3 heterocycles. The fourth-order valence-electron chi connectivity index (χ4n) is 4.51. The van der Waals surface area contributed by atoms with E-state index in [1.54, 1.807) is 7.11 Å². The number of anilines is 1. The molecule has 0 unspecified atom stereocenters. The lowest BCUT2D eigenvalue weighted by molar-refractivity contribution is -0.130. The Hall–Kier alpha value is -2.38. The topological polar surface area (TPSA) is 59.8 Å². The Kier molecular flexibility index (Phi) is 7.25. The highest BCUT2D eigenvalue weighted by Gasteiger charge is 2.22. The van der Waals surface area contributed by atoms with Crippen LogP contribution in [-0.2, 0) is 46.8 Å². The van der Waals surface area contributed by atoms with Gasteiger partial charge in [0.15, 0.2) is 0 Å². The van der Waals surface area contributed by atoms with Crippen LogP contribution in [0.15, 0.2) is 24.3 Å². The van der Waals surface area contributed by atoms with Gasteiger partial charge in [-0.2, -0.15) is 5.10 Å². The van der Waals surface area contributed by atoms with Crippen molar-refractivity contribution in [3.05, 3.63) is 46.8 Å². The summed E-state index contributed by atoms with van der Waals surface area (Å²) in [5.41, 5.74) is 5.83. The minimum absolute atomic E-state index is 0.139. The number of fused-ring (bicyclic) bond motifs is 1. The molecule has 0 radical (unpaired) electrons. The van der Waals surface area contributed by atoms with Crippen molar-refractivity contribution in [2.45, 2.75) is 51.8 Å². The maximum absolute atomic E-state index is 12.8. The molecule has 0 N–H and O–H groups in total. The molecule has 0 aliphatic carbocycles. The number of aryl methyl sites for hydroxylation is 1. The van der Waals surface area contributed by atoms with Crippen LogP contribution in [0.2, 0.25) is 0 Å². The molecule has 168 valence electrons. The Morgan fingerprint density at radius 2 is 2.00 bits per heavy atom. The molecule has 7 heteroatoms. The minimum atomic E-state index is 0.139. The van der Waals surface area contributed by atoms with Crippen LogP contribution in [-0.4, -0.2) is 61.0 Å². The summed E-state index contributed by atoms with van der Waals surface area (Å²) in [7, 11) is 3.58. The zero-order chi connectivity index (χ0) is 21.6. The summed E-state index contributed by atoms with van der Waals surface area (Å²) in [6, 6.07) is 8.64. The molecule has 1 aromatic heterocycles. The van der Waals surface area contributed by atoms with Crippen molar-refractivity contribution in [1.29, 1.82) is 0 Å². The smallest absolute Gasteiger partial charge is 0.223 e. The van der Waals surface area contributed by atoms with Gasteiger partial charge in [0.05, 0.1) is 32.1 Å². The number of aromatic nitrogens is 2. The van der Waals surface area contributed by atoms with Gasteiger partial charge >= 0.3 is 0 Å². The Bertz CT molecular complexity index is 872. The lowest BCUT2D eigenvalue weighted by Crippen LogP contribution is -2.26. The normalized spacial score (nSPS) is 15.9. The molecule has 0 spiro atoms. The summed E-state index contributed by atoms with van der Waals surface area (Å²) in [6.45, 7) is 5.60. The number of rotatable bonds is 9. The quantitative estimate of drug-likeness (QED) is 0.617. The molecule has 1 saturated heterocycles. The van der Waals surface area contributed by atoms with Crippen molar-refractivity contribution in [3.8, 4) is 0 Å². The average molecular weight is 427 g/mol. The molecule has 0 bridgehead atoms. The molecule has 4 rings (SSSR count). The number of hydrogen-bond donors (Lipinski definition) is 0. The number of ether oxygens (including phenoxy) is 2. The van der Waals surface area contributed by atoms with Crippen molar-refractivity contribution in [2.75, 3.05) is 45.4 Å². The molecule has 31 heavy (non-hydrogen) atoms. The monoisotopic (exact) mass is 426 g/mol. The Morgan fingerprint density at radius 3 is 2.74 bits per heavy atom. The molecule has 0 saturated carbocycles. The molecular weight excluding hydrogens is 392 g/mol. The van der Waals surface area contributed by atoms with E-state index in [1.807, 2.05) is 16.6 Å². The third-order valence-corrected chi connectivity index (χ3v) is 6.32. The van der Waals surface area contributed by atoms with Crippen molar-refractivity contribution in [3.63, 3.8) is 0 Å². The van der Waals surface area contributed by atoms with E-state index in [-0.39, 0.29) is 5.91 Å². The molecule has 2 aromatic rings. The van der Waals surface area contributed by atoms with E-state index in [4.69, 9.17) is 14.6 Å². The van der Waals surface area contributed by atoms with Gasteiger partial charge in [-0.05, 0) is 30.5 Å². The van der Waals surface area contributed by atoms with E-state index >= 15 is 0 Å². The van der Waals surface area contributed by atoms with Crippen LogP contribution < -0.4 is 4.90 Å².